The van der Waals surface area contributed by atoms with Crippen LogP contribution in [0.15, 0.2) is 23.4 Å². The second kappa shape index (κ2) is 5.99. The maximum atomic E-state index is 12.8. The molecule has 0 saturated carbocycles. The first-order valence-electron chi connectivity index (χ1n) is 7.29. The first-order chi connectivity index (χ1) is 10.9. The van der Waals surface area contributed by atoms with Gasteiger partial charge in [-0.3, -0.25) is 4.68 Å². The molecule has 0 aliphatic carbocycles. The minimum Gasteiger partial charge on any atom is -0.369 e. The Morgan fingerprint density at radius 1 is 1.35 bits per heavy atom. The van der Waals surface area contributed by atoms with Crippen molar-refractivity contribution in [2.75, 3.05) is 19.7 Å². The number of aryl methyl sites for hydroxylation is 3. The molecule has 3 heterocycles. The smallest absolute Gasteiger partial charge is 0.246 e. The number of aromatic nitrogens is 4. The molecule has 1 atom stereocenters. The number of hydrogen-bond donors (Lipinski definition) is 0. The van der Waals surface area contributed by atoms with Crippen molar-refractivity contribution in [3.8, 4) is 0 Å². The van der Waals surface area contributed by atoms with E-state index in [0.29, 0.717) is 30.4 Å². The van der Waals surface area contributed by atoms with E-state index in [1.54, 1.807) is 33.2 Å². The topological polar surface area (TPSA) is 90.2 Å². The number of rotatable bonds is 3. The lowest BCUT2D eigenvalue weighted by atomic mass is 10.2. The van der Waals surface area contributed by atoms with Crippen LogP contribution in [0.3, 0.4) is 0 Å². The summed E-state index contributed by atoms with van der Waals surface area (Å²) in [6, 6.07) is 1.75. The standard InChI is InChI=1S/C14H19N5O3S/c1-10-14(9-18(3)17-10)23(20,21)19-6-7-22-13(8-19)12-4-5-15-11(2)16-12/h4-5,9,13H,6-8H2,1-3H3. The van der Waals surface area contributed by atoms with E-state index in [0.717, 1.165) is 0 Å². The highest BCUT2D eigenvalue weighted by atomic mass is 32.2. The Morgan fingerprint density at radius 3 is 2.78 bits per heavy atom. The molecule has 0 bridgehead atoms. The summed E-state index contributed by atoms with van der Waals surface area (Å²) in [6.45, 7) is 4.36. The predicted molar refractivity (Wildman–Crippen MR) is 82.2 cm³/mol. The van der Waals surface area contributed by atoms with E-state index in [9.17, 15) is 8.42 Å². The Bertz CT molecular complexity index is 818. The van der Waals surface area contributed by atoms with Crippen LogP contribution in [-0.4, -0.2) is 52.2 Å². The minimum absolute atomic E-state index is 0.229. The third-order valence-electron chi connectivity index (χ3n) is 3.74. The molecule has 2 aromatic rings. The number of ether oxygens (including phenoxy) is 1. The molecule has 8 nitrogen and oxygen atoms in total. The third-order valence-corrected chi connectivity index (χ3v) is 5.71. The molecule has 1 aliphatic heterocycles. The van der Waals surface area contributed by atoms with Gasteiger partial charge in [0.1, 0.15) is 16.8 Å². The lowest BCUT2D eigenvalue weighted by Crippen LogP contribution is -2.42. The fraction of sp³-hybridized carbons (Fsp3) is 0.500. The van der Waals surface area contributed by atoms with Gasteiger partial charge in [-0.15, -0.1) is 0 Å². The molecular weight excluding hydrogens is 318 g/mol. The van der Waals surface area contributed by atoms with E-state index in [2.05, 4.69) is 15.1 Å². The predicted octanol–water partition coefficient (Wildman–Crippen LogP) is 0.589. The van der Waals surface area contributed by atoms with Crippen molar-refractivity contribution in [2.45, 2.75) is 24.8 Å². The van der Waals surface area contributed by atoms with Gasteiger partial charge in [0.25, 0.3) is 0 Å². The molecule has 0 radical (unpaired) electrons. The first kappa shape index (κ1) is 16.0. The molecule has 124 valence electrons. The van der Waals surface area contributed by atoms with Gasteiger partial charge in [0.15, 0.2) is 0 Å². The molecular formula is C14H19N5O3S. The molecule has 1 aliphatic rings. The van der Waals surface area contributed by atoms with Crippen LogP contribution in [0, 0.1) is 13.8 Å². The molecule has 3 rings (SSSR count). The van der Waals surface area contributed by atoms with Crippen LogP contribution in [0.5, 0.6) is 0 Å². The highest BCUT2D eigenvalue weighted by Gasteiger charge is 2.34. The fourth-order valence-electron chi connectivity index (χ4n) is 2.65. The molecule has 0 aromatic carbocycles. The van der Waals surface area contributed by atoms with Crippen molar-refractivity contribution in [3.05, 3.63) is 35.7 Å². The second-order valence-electron chi connectivity index (χ2n) is 5.50. The van der Waals surface area contributed by atoms with E-state index < -0.39 is 16.1 Å². The van der Waals surface area contributed by atoms with E-state index in [1.807, 2.05) is 0 Å². The van der Waals surface area contributed by atoms with E-state index in [4.69, 9.17) is 4.74 Å². The van der Waals surface area contributed by atoms with Crippen LogP contribution in [0.25, 0.3) is 0 Å². The zero-order valence-electron chi connectivity index (χ0n) is 13.3. The van der Waals surface area contributed by atoms with Crippen molar-refractivity contribution in [3.63, 3.8) is 0 Å². The average Bonchev–Trinajstić information content (AvgIpc) is 2.87. The SMILES string of the molecule is Cc1nccc(C2CN(S(=O)(=O)c3cn(C)nc3C)CCO2)n1. The molecule has 1 fully saturated rings. The lowest BCUT2D eigenvalue weighted by Gasteiger charge is -2.31. The van der Waals surface area contributed by atoms with Crippen molar-refractivity contribution in [1.29, 1.82) is 0 Å². The first-order valence-corrected chi connectivity index (χ1v) is 8.73. The van der Waals surface area contributed by atoms with Crippen LogP contribution in [0.2, 0.25) is 0 Å². The monoisotopic (exact) mass is 337 g/mol. The summed E-state index contributed by atoms with van der Waals surface area (Å²) in [6.07, 6.45) is 2.79. The van der Waals surface area contributed by atoms with E-state index in [1.165, 1.54) is 15.2 Å². The maximum absolute atomic E-state index is 12.8. The van der Waals surface area contributed by atoms with Crippen molar-refractivity contribution < 1.29 is 13.2 Å². The zero-order valence-corrected chi connectivity index (χ0v) is 14.1. The maximum Gasteiger partial charge on any atom is 0.246 e. The Balaban J connectivity index is 1.87. The number of hydrogen-bond acceptors (Lipinski definition) is 6. The van der Waals surface area contributed by atoms with Gasteiger partial charge in [-0.25, -0.2) is 18.4 Å². The normalized spacial score (nSPS) is 19.9. The second-order valence-corrected chi connectivity index (χ2v) is 7.41. The van der Waals surface area contributed by atoms with Crippen molar-refractivity contribution in [1.82, 2.24) is 24.1 Å². The number of nitrogens with zero attached hydrogens (tertiary/aromatic N) is 5. The zero-order chi connectivity index (χ0) is 16.6. The largest absolute Gasteiger partial charge is 0.369 e. The van der Waals surface area contributed by atoms with Gasteiger partial charge in [-0.2, -0.15) is 9.40 Å². The van der Waals surface area contributed by atoms with Crippen LogP contribution < -0.4 is 0 Å². The lowest BCUT2D eigenvalue weighted by molar-refractivity contribution is -0.00510. The van der Waals surface area contributed by atoms with Crippen LogP contribution >= 0.6 is 0 Å². The van der Waals surface area contributed by atoms with Gasteiger partial charge in [-0.05, 0) is 19.9 Å². The van der Waals surface area contributed by atoms with Crippen LogP contribution in [0.1, 0.15) is 23.3 Å². The van der Waals surface area contributed by atoms with Crippen molar-refractivity contribution >= 4 is 10.0 Å². The Labute approximate surface area is 135 Å². The van der Waals surface area contributed by atoms with Crippen LogP contribution in [-0.2, 0) is 21.8 Å². The van der Waals surface area contributed by atoms with Gasteiger partial charge in [0.2, 0.25) is 10.0 Å². The quantitative estimate of drug-likeness (QED) is 0.814. The molecule has 0 spiro atoms. The summed E-state index contributed by atoms with van der Waals surface area (Å²) in [5.74, 6) is 0.634. The molecule has 1 unspecified atom stereocenters. The summed E-state index contributed by atoms with van der Waals surface area (Å²) in [5.41, 5.74) is 1.19. The molecule has 2 aromatic heterocycles. The Morgan fingerprint density at radius 2 is 2.13 bits per heavy atom. The number of sulfonamides is 1. The molecule has 9 heteroatoms. The molecule has 0 amide bonds. The van der Waals surface area contributed by atoms with Gasteiger partial charge in [0.05, 0.1) is 18.0 Å². The fourth-order valence-corrected chi connectivity index (χ4v) is 4.27. The Kier molecular flexibility index (Phi) is 4.17. The average molecular weight is 337 g/mol. The molecule has 23 heavy (non-hydrogen) atoms. The molecule has 1 saturated heterocycles. The minimum atomic E-state index is -3.60. The van der Waals surface area contributed by atoms with E-state index in [-0.39, 0.29) is 11.4 Å². The van der Waals surface area contributed by atoms with Gasteiger partial charge in [-0.1, -0.05) is 0 Å². The van der Waals surface area contributed by atoms with Gasteiger partial charge in [0, 0.05) is 32.5 Å². The summed E-state index contributed by atoms with van der Waals surface area (Å²) < 4.78 is 34.3. The summed E-state index contributed by atoms with van der Waals surface area (Å²) >= 11 is 0. The Hall–Kier alpha value is -1.84. The molecule has 0 N–H and O–H groups in total. The van der Waals surface area contributed by atoms with Crippen molar-refractivity contribution in [2.24, 2.45) is 7.05 Å². The van der Waals surface area contributed by atoms with Crippen LogP contribution in [0.4, 0.5) is 0 Å². The van der Waals surface area contributed by atoms with Gasteiger partial charge >= 0.3 is 0 Å². The highest BCUT2D eigenvalue weighted by Crippen LogP contribution is 2.26. The summed E-state index contributed by atoms with van der Waals surface area (Å²) in [7, 11) is -1.89. The third kappa shape index (κ3) is 3.12. The van der Waals surface area contributed by atoms with Gasteiger partial charge < -0.3 is 4.74 Å². The summed E-state index contributed by atoms with van der Waals surface area (Å²) in [4.78, 5) is 8.62. The summed E-state index contributed by atoms with van der Waals surface area (Å²) in [5, 5.41) is 4.12. The van der Waals surface area contributed by atoms with E-state index >= 15 is 0 Å². The highest BCUT2D eigenvalue weighted by molar-refractivity contribution is 7.89. The number of morpholine rings is 1.